The molecule has 0 N–H and O–H groups in total. The summed E-state index contributed by atoms with van der Waals surface area (Å²) in [7, 11) is 1.77. The average molecular weight is 256 g/mol. The summed E-state index contributed by atoms with van der Waals surface area (Å²) in [6.45, 7) is 6.01. The minimum Gasteiger partial charge on any atom is -0.379 e. The van der Waals surface area contributed by atoms with Gasteiger partial charge in [-0.3, -0.25) is 0 Å². The molecule has 1 aromatic heterocycles. The first-order valence-electron chi connectivity index (χ1n) is 5.89. The van der Waals surface area contributed by atoms with Crippen molar-refractivity contribution in [2.24, 2.45) is 5.92 Å². The third-order valence-corrected chi connectivity index (χ3v) is 3.50. The lowest BCUT2D eigenvalue weighted by molar-refractivity contribution is 0.0496. The van der Waals surface area contributed by atoms with Gasteiger partial charge in [0.25, 0.3) is 0 Å². The van der Waals surface area contributed by atoms with Gasteiger partial charge in [-0.15, -0.1) is 0 Å². The van der Waals surface area contributed by atoms with Gasteiger partial charge in [0.1, 0.15) is 5.82 Å². The summed E-state index contributed by atoms with van der Waals surface area (Å²) in [4.78, 5) is 10.6. The smallest absolute Gasteiger partial charge is 0.224 e. The highest BCUT2D eigenvalue weighted by molar-refractivity contribution is 6.28. The molecule has 4 nitrogen and oxygen atoms in total. The largest absolute Gasteiger partial charge is 0.379 e. The Kier molecular flexibility index (Phi) is 3.84. The molecule has 0 saturated carbocycles. The topological polar surface area (TPSA) is 38.2 Å². The summed E-state index contributed by atoms with van der Waals surface area (Å²) in [5, 5.41) is 0.313. The molecule has 2 rings (SSSR count). The molecule has 94 valence electrons. The summed E-state index contributed by atoms with van der Waals surface area (Å²) in [5.41, 5.74) is 0.896. The quantitative estimate of drug-likeness (QED) is 0.760. The molecule has 1 aromatic rings. The Labute approximate surface area is 107 Å². The van der Waals surface area contributed by atoms with Crippen LogP contribution in [0.4, 0.5) is 5.82 Å². The number of rotatable bonds is 2. The molecule has 5 heteroatoms. The Hall–Kier alpha value is -0.870. The summed E-state index contributed by atoms with van der Waals surface area (Å²) in [6, 6.07) is 1.97. The Morgan fingerprint density at radius 3 is 2.88 bits per heavy atom. The molecule has 17 heavy (non-hydrogen) atoms. The van der Waals surface area contributed by atoms with Gasteiger partial charge in [-0.1, -0.05) is 6.92 Å². The minimum atomic E-state index is 0.262. The molecular formula is C12H18ClN3O. The van der Waals surface area contributed by atoms with Crippen LogP contribution in [0.2, 0.25) is 5.28 Å². The Morgan fingerprint density at radius 1 is 1.47 bits per heavy atom. The molecule has 0 amide bonds. The summed E-state index contributed by atoms with van der Waals surface area (Å²) >= 11 is 5.89. The van der Waals surface area contributed by atoms with E-state index in [0.29, 0.717) is 11.2 Å². The van der Waals surface area contributed by atoms with Crippen LogP contribution in [0.15, 0.2) is 6.07 Å². The van der Waals surface area contributed by atoms with Crippen LogP contribution in [-0.4, -0.2) is 36.3 Å². The zero-order valence-corrected chi connectivity index (χ0v) is 11.2. The van der Waals surface area contributed by atoms with Crippen molar-refractivity contribution in [2.75, 3.05) is 25.1 Å². The van der Waals surface area contributed by atoms with Crippen molar-refractivity contribution >= 4 is 17.4 Å². The van der Waals surface area contributed by atoms with Gasteiger partial charge >= 0.3 is 0 Å². The molecule has 1 aliphatic heterocycles. The predicted octanol–water partition coefficient (Wildman–Crippen LogP) is 2.30. The molecule has 1 fully saturated rings. The Morgan fingerprint density at radius 2 is 2.24 bits per heavy atom. The van der Waals surface area contributed by atoms with E-state index in [2.05, 4.69) is 21.8 Å². The van der Waals surface area contributed by atoms with E-state index in [0.717, 1.165) is 31.0 Å². The summed E-state index contributed by atoms with van der Waals surface area (Å²) < 4.78 is 5.50. The third kappa shape index (κ3) is 2.87. The second-order valence-electron chi connectivity index (χ2n) is 4.62. The number of aromatic nitrogens is 2. The van der Waals surface area contributed by atoms with Crippen molar-refractivity contribution in [3.05, 3.63) is 17.0 Å². The van der Waals surface area contributed by atoms with Crippen LogP contribution in [0, 0.1) is 12.8 Å². The molecule has 1 aliphatic rings. The zero-order chi connectivity index (χ0) is 12.4. The highest BCUT2D eigenvalue weighted by Gasteiger charge is 2.26. The number of methoxy groups -OCH3 is 1. The summed E-state index contributed by atoms with van der Waals surface area (Å²) in [5.74, 6) is 1.49. The van der Waals surface area contributed by atoms with E-state index in [9.17, 15) is 0 Å². The van der Waals surface area contributed by atoms with E-state index in [-0.39, 0.29) is 6.10 Å². The van der Waals surface area contributed by atoms with Crippen LogP contribution in [0.3, 0.4) is 0 Å². The number of halogens is 1. The lowest BCUT2D eigenvalue weighted by Crippen LogP contribution is -2.44. The predicted molar refractivity (Wildman–Crippen MR) is 68.6 cm³/mol. The molecule has 0 spiro atoms. The number of nitrogens with zero attached hydrogens (tertiary/aromatic N) is 3. The number of hydrogen-bond acceptors (Lipinski definition) is 4. The highest BCUT2D eigenvalue weighted by atomic mass is 35.5. The van der Waals surface area contributed by atoms with E-state index in [1.165, 1.54) is 0 Å². The maximum absolute atomic E-state index is 5.89. The van der Waals surface area contributed by atoms with Gasteiger partial charge in [0.2, 0.25) is 5.28 Å². The van der Waals surface area contributed by atoms with Crippen molar-refractivity contribution in [3.63, 3.8) is 0 Å². The van der Waals surface area contributed by atoms with Crippen LogP contribution >= 0.6 is 11.6 Å². The second kappa shape index (κ2) is 5.19. The van der Waals surface area contributed by atoms with Gasteiger partial charge in [0.15, 0.2) is 0 Å². The first kappa shape index (κ1) is 12.6. The number of piperidine rings is 1. The average Bonchev–Trinajstić information content (AvgIpc) is 2.28. The molecule has 1 saturated heterocycles. The maximum atomic E-state index is 5.89. The van der Waals surface area contributed by atoms with Crippen LogP contribution in [-0.2, 0) is 4.74 Å². The van der Waals surface area contributed by atoms with Crippen molar-refractivity contribution in [2.45, 2.75) is 26.4 Å². The monoisotopic (exact) mass is 255 g/mol. The van der Waals surface area contributed by atoms with Gasteiger partial charge < -0.3 is 9.64 Å². The molecule has 2 unspecified atom stereocenters. The van der Waals surface area contributed by atoms with E-state index in [1.807, 2.05) is 13.0 Å². The number of aryl methyl sites for hydroxylation is 1. The molecule has 0 aliphatic carbocycles. The Balaban J connectivity index is 2.17. The number of hydrogen-bond donors (Lipinski definition) is 0. The van der Waals surface area contributed by atoms with Gasteiger partial charge in [0, 0.05) is 32.0 Å². The maximum Gasteiger partial charge on any atom is 0.224 e. The lowest BCUT2D eigenvalue weighted by Gasteiger charge is -2.36. The Bertz CT molecular complexity index is 379. The molecule has 2 heterocycles. The number of anilines is 1. The van der Waals surface area contributed by atoms with E-state index in [4.69, 9.17) is 16.3 Å². The van der Waals surface area contributed by atoms with Crippen LogP contribution in [0.25, 0.3) is 0 Å². The normalized spacial score (nSPS) is 25.1. The SMILES string of the molecule is COC1CN(c2cc(C)nc(Cl)n2)CCC1C. The standard InChI is InChI=1S/C12H18ClN3O/c1-8-4-5-16(7-10(8)17-3)11-6-9(2)14-12(13)15-11/h6,8,10H,4-5,7H2,1-3H3. The molecule has 0 aromatic carbocycles. The fourth-order valence-electron chi connectivity index (χ4n) is 2.23. The van der Waals surface area contributed by atoms with Gasteiger partial charge in [-0.05, 0) is 30.9 Å². The van der Waals surface area contributed by atoms with Crippen molar-refractivity contribution in [3.8, 4) is 0 Å². The van der Waals surface area contributed by atoms with Crippen LogP contribution < -0.4 is 4.90 Å². The first-order valence-corrected chi connectivity index (χ1v) is 6.27. The molecular weight excluding hydrogens is 238 g/mol. The van der Waals surface area contributed by atoms with E-state index < -0.39 is 0 Å². The highest BCUT2D eigenvalue weighted by Crippen LogP contribution is 2.24. The first-order chi connectivity index (χ1) is 8.10. The van der Waals surface area contributed by atoms with Crippen molar-refractivity contribution in [1.82, 2.24) is 9.97 Å². The number of ether oxygens (including phenoxy) is 1. The van der Waals surface area contributed by atoms with Gasteiger partial charge in [0.05, 0.1) is 6.10 Å². The second-order valence-corrected chi connectivity index (χ2v) is 4.96. The zero-order valence-electron chi connectivity index (χ0n) is 10.5. The van der Waals surface area contributed by atoms with E-state index in [1.54, 1.807) is 7.11 Å². The fourth-order valence-corrected chi connectivity index (χ4v) is 2.45. The lowest BCUT2D eigenvalue weighted by atomic mass is 9.96. The van der Waals surface area contributed by atoms with Gasteiger partial charge in [-0.2, -0.15) is 0 Å². The molecule has 0 bridgehead atoms. The van der Waals surface area contributed by atoms with Crippen LogP contribution in [0.1, 0.15) is 19.0 Å². The molecule has 2 atom stereocenters. The fraction of sp³-hybridized carbons (Fsp3) is 0.667. The summed E-state index contributed by atoms with van der Waals surface area (Å²) in [6.07, 6.45) is 1.37. The van der Waals surface area contributed by atoms with Crippen molar-refractivity contribution < 1.29 is 4.74 Å². The van der Waals surface area contributed by atoms with Gasteiger partial charge in [-0.25, -0.2) is 9.97 Å². The van der Waals surface area contributed by atoms with Crippen molar-refractivity contribution in [1.29, 1.82) is 0 Å². The molecule has 0 radical (unpaired) electrons. The van der Waals surface area contributed by atoms with E-state index >= 15 is 0 Å². The van der Waals surface area contributed by atoms with Crippen LogP contribution in [0.5, 0.6) is 0 Å². The minimum absolute atomic E-state index is 0.262. The third-order valence-electron chi connectivity index (χ3n) is 3.33.